The van der Waals surface area contributed by atoms with Gasteiger partial charge in [0.2, 0.25) is 0 Å². The number of fused-ring (bicyclic) bond motifs is 3. The van der Waals surface area contributed by atoms with Crippen LogP contribution in [-0.2, 0) is 16.1 Å². The lowest BCUT2D eigenvalue weighted by atomic mass is 9.98. The first kappa shape index (κ1) is 13.1. The fourth-order valence-electron chi connectivity index (χ4n) is 2.45. The van der Waals surface area contributed by atoms with Crippen molar-refractivity contribution < 1.29 is 9.53 Å². The first-order chi connectivity index (χ1) is 9.79. The summed E-state index contributed by atoms with van der Waals surface area (Å²) in [6.45, 7) is 0.301. The molecule has 3 heteroatoms. The van der Waals surface area contributed by atoms with Crippen LogP contribution in [0.4, 0.5) is 0 Å². The van der Waals surface area contributed by atoms with Crippen LogP contribution in [0.3, 0.4) is 0 Å². The molecule has 2 nitrogen and oxygen atoms in total. The molecule has 0 aromatic heterocycles. The van der Waals surface area contributed by atoms with Gasteiger partial charge < -0.3 is 4.74 Å². The summed E-state index contributed by atoms with van der Waals surface area (Å²) in [6, 6.07) is 18.6. The molecule has 0 bridgehead atoms. The zero-order valence-corrected chi connectivity index (χ0v) is 12.4. The highest BCUT2D eigenvalue weighted by atomic mass is 79.9. The van der Waals surface area contributed by atoms with Gasteiger partial charge in [0.1, 0.15) is 11.9 Å². The van der Waals surface area contributed by atoms with Crippen molar-refractivity contribution in [1.82, 2.24) is 0 Å². The molecule has 3 rings (SSSR count). The number of hydrogen-bond donors (Lipinski definition) is 0. The van der Waals surface area contributed by atoms with E-state index in [2.05, 4.69) is 46.3 Å². The molecule has 0 aliphatic carbocycles. The first-order valence-corrected chi connectivity index (χ1v) is 7.52. The van der Waals surface area contributed by atoms with E-state index in [1.807, 2.05) is 24.3 Å². The van der Waals surface area contributed by atoms with Crippen LogP contribution in [0.25, 0.3) is 21.5 Å². The molecule has 0 aliphatic rings. The summed E-state index contributed by atoms with van der Waals surface area (Å²) >= 11 is 3.10. The lowest BCUT2D eigenvalue weighted by Crippen LogP contribution is -2.05. The maximum absolute atomic E-state index is 11.3. The number of carbonyl (C=O) groups excluding carboxylic acids is 1. The molecule has 0 unspecified atom stereocenters. The minimum Gasteiger partial charge on any atom is -0.460 e. The van der Waals surface area contributed by atoms with Gasteiger partial charge in [-0.2, -0.15) is 0 Å². The van der Waals surface area contributed by atoms with Gasteiger partial charge in [0.15, 0.2) is 0 Å². The van der Waals surface area contributed by atoms with Crippen molar-refractivity contribution in [1.29, 1.82) is 0 Å². The molecular weight excluding hydrogens is 316 g/mol. The number of hydrogen-bond acceptors (Lipinski definition) is 2. The maximum Gasteiger partial charge on any atom is 0.316 e. The van der Waals surface area contributed by atoms with Crippen molar-refractivity contribution in [2.24, 2.45) is 0 Å². The van der Waals surface area contributed by atoms with Crippen molar-refractivity contribution in [2.45, 2.75) is 6.61 Å². The molecule has 3 aromatic rings. The summed E-state index contributed by atoms with van der Waals surface area (Å²) in [5.74, 6) is -0.248. The molecule has 0 fully saturated rings. The van der Waals surface area contributed by atoms with Gasteiger partial charge in [0, 0.05) is 0 Å². The van der Waals surface area contributed by atoms with E-state index in [4.69, 9.17) is 4.74 Å². The van der Waals surface area contributed by atoms with E-state index < -0.39 is 0 Å². The van der Waals surface area contributed by atoms with Gasteiger partial charge in [-0.1, -0.05) is 64.5 Å². The Balaban J connectivity index is 2.16. The smallest absolute Gasteiger partial charge is 0.316 e. The molecule has 0 amide bonds. The highest BCUT2D eigenvalue weighted by Gasteiger charge is 2.08. The molecule has 0 N–H and O–H groups in total. The molecule has 0 saturated carbocycles. The third-order valence-electron chi connectivity index (χ3n) is 3.35. The third kappa shape index (κ3) is 2.41. The van der Waals surface area contributed by atoms with Crippen molar-refractivity contribution in [3.05, 3.63) is 60.2 Å². The van der Waals surface area contributed by atoms with E-state index in [-0.39, 0.29) is 11.3 Å². The Bertz CT molecular complexity index is 780. The number of esters is 1. The van der Waals surface area contributed by atoms with Gasteiger partial charge in [-0.05, 0) is 33.2 Å². The summed E-state index contributed by atoms with van der Waals surface area (Å²) in [5.41, 5.74) is 1.04. The van der Waals surface area contributed by atoms with Gasteiger partial charge in [0.05, 0.1) is 0 Å². The Morgan fingerprint density at radius 1 is 0.950 bits per heavy atom. The van der Waals surface area contributed by atoms with Crippen LogP contribution >= 0.6 is 15.9 Å². The highest BCUT2D eigenvalue weighted by Crippen LogP contribution is 2.29. The predicted molar refractivity (Wildman–Crippen MR) is 85.0 cm³/mol. The SMILES string of the molecule is O=C(CBr)OCc1cc2ccccc2c2ccccc12. The molecule has 3 aromatic carbocycles. The van der Waals surface area contributed by atoms with Gasteiger partial charge in [0.25, 0.3) is 0 Å². The van der Waals surface area contributed by atoms with Crippen LogP contribution in [0.1, 0.15) is 5.56 Å². The minimum atomic E-state index is -0.248. The summed E-state index contributed by atoms with van der Waals surface area (Å²) < 4.78 is 5.25. The molecule has 20 heavy (non-hydrogen) atoms. The van der Waals surface area contributed by atoms with Crippen molar-refractivity contribution in [3.63, 3.8) is 0 Å². The number of halogens is 1. The second-order valence-corrected chi connectivity index (χ2v) is 5.16. The lowest BCUT2D eigenvalue weighted by Gasteiger charge is -2.10. The highest BCUT2D eigenvalue weighted by molar-refractivity contribution is 9.09. The largest absolute Gasteiger partial charge is 0.460 e. The fourth-order valence-corrected chi connectivity index (χ4v) is 2.61. The van der Waals surface area contributed by atoms with Gasteiger partial charge >= 0.3 is 5.97 Å². The van der Waals surface area contributed by atoms with Crippen LogP contribution < -0.4 is 0 Å². The topological polar surface area (TPSA) is 26.3 Å². The van der Waals surface area contributed by atoms with E-state index in [1.54, 1.807) is 0 Å². The maximum atomic E-state index is 11.3. The average Bonchev–Trinajstić information content (AvgIpc) is 2.52. The van der Waals surface area contributed by atoms with E-state index in [1.165, 1.54) is 10.8 Å². The standard InChI is InChI=1S/C17H13BrO2/c18-10-17(19)20-11-13-9-12-5-1-2-6-14(12)16-8-4-3-7-15(13)16/h1-9H,10-11H2. The number of benzene rings is 3. The Labute approximate surface area is 125 Å². The Hall–Kier alpha value is -1.87. The second kappa shape index (κ2) is 5.63. The van der Waals surface area contributed by atoms with Crippen LogP contribution in [-0.4, -0.2) is 11.3 Å². The molecule has 0 heterocycles. The van der Waals surface area contributed by atoms with Crippen molar-refractivity contribution in [2.75, 3.05) is 5.33 Å². The normalized spacial score (nSPS) is 10.8. The predicted octanol–water partition coefficient (Wildman–Crippen LogP) is 4.43. The third-order valence-corrected chi connectivity index (χ3v) is 3.81. The molecule has 0 radical (unpaired) electrons. The van der Waals surface area contributed by atoms with Crippen LogP contribution in [0.5, 0.6) is 0 Å². The van der Waals surface area contributed by atoms with Crippen LogP contribution in [0.2, 0.25) is 0 Å². The van der Waals surface area contributed by atoms with E-state index >= 15 is 0 Å². The molecule has 0 atom stereocenters. The molecule has 0 aliphatic heterocycles. The number of rotatable bonds is 3. The monoisotopic (exact) mass is 328 g/mol. The van der Waals surface area contributed by atoms with Crippen LogP contribution in [0.15, 0.2) is 54.6 Å². The summed E-state index contributed by atoms with van der Waals surface area (Å²) in [7, 11) is 0. The Morgan fingerprint density at radius 2 is 1.60 bits per heavy atom. The number of ether oxygens (including phenoxy) is 1. The van der Waals surface area contributed by atoms with E-state index in [0.29, 0.717) is 6.61 Å². The summed E-state index contributed by atoms with van der Waals surface area (Å²) in [6.07, 6.45) is 0. The quantitative estimate of drug-likeness (QED) is 0.404. The van der Waals surface area contributed by atoms with Gasteiger partial charge in [-0.15, -0.1) is 0 Å². The molecule has 0 spiro atoms. The first-order valence-electron chi connectivity index (χ1n) is 6.40. The van der Waals surface area contributed by atoms with Gasteiger partial charge in [-0.3, -0.25) is 4.79 Å². The minimum absolute atomic E-state index is 0.221. The number of alkyl halides is 1. The van der Waals surface area contributed by atoms with Crippen molar-refractivity contribution in [3.8, 4) is 0 Å². The zero-order valence-electron chi connectivity index (χ0n) is 10.8. The fraction of sp³-hybridized carbons (Fsp3) is 0.118. The lowest BCUT2D eigenvalue weighted by molar-refractivity contribution is -0.141. The molecule has 100 valence electrons. The summed E-state index contributed by atoms with van der Waals surface area (Å²) in [4.78, 5) is 11.3. The summed E-state index contributed by atoms with van der Waals surface area (Å²) in [5, 5.41) is 4.93. The van der Waals surface area contributed by atoms with E-state index in [9.17, 15) is 4.79 Å². The number of carbonyl (C=O) groups is 1. The average molecular weight is 329 g/mol. The molecule has 0 saturated heterocycles. The molecular formula is C17H13BrO2. The van der Waals surface area contributed by atoms with Crippen LogP contribution in [0, 0.1) is 0 Å². The van der Waals surface area contributed by atoms with Crippen molar-refractivity contribution >= 4 is 43.4 Å². The van der Waals surface area contributed by atoms with E-state index in [0.717, 1.165) is 16.3 Å². The second-order valence-electron chi connectivity index (χ2n) is 4.60. The Morgan fingerprint density at radius 3 is 2.35 bits per heavy atom. The van der Waals surface area contributed by atoms with Gasteiger partial charge in [-0.25, -0.2) is 0 Å². The Kier molecular flexibility index (Phi) is 3.70. The zero-order chi connectivity index (χ0) is 13.9.